The van der Waals surface area contributed by atoms with Gasteiger partial charge in [0, 0.05) is 0 Å². The first kappa shape index (κ1) is 21.6. The zero-order valence-electron chi connectivity index (χ0n) is 20.5. The highest BCUT2D eigenvalue weighted by Crippen LogP contribution is 2.56. The third-order valence-electron chi connectivity index (χ3n) is 7.78. The summed E-state index contributed by atoms with van der Waals surface area (Å²) in [7, 11) is 0. The predicted octanol–water partition coefficient (Wildman–Crippen LogP) is 9.38. The normalized spacial score (nSPS) is 13.1. The molecule has 0 N–H and O–H groups in total. The first-order chi connectivity index (χ1) is 18.4. The maximum Gasteiger partial charge on any atom is 0.0713 e. The molecule has 0 unspecified atom stereocenters. The molecule has 6 aromatic carbocycles. The smallest absolute Gasteiger partial charge is 0.0622 e. The third-order valence-corrected chi connectivity index (χ3v) is 7.78. The minimum absolute atomic E-state index is 0.367. The van der Waals surface area contributed by atoms with Crippen LogP contribution in [0.1, 0.15) is 22.3 Å². The fraction of sp³-hybridized carbons (Fsp3) is 0.0270. The summed E-state index contributed by atoms with van der Waals surface area (Å²) in [5.74, 6) is 0. The molecule has 0 nitrogen and oxygen atoms in total. The van der Waals surface area contributed by atoms with E-state index in [2.05, 4.69) is 158 Å². The van der Waals surface area contributed by atoms with Gasteiger partial charge in [-0.05, 0) is 61.7 Å². The highest BCUT2D eigenvalue weighted by Gasteiger charge is 2.45. The molecule has 0 heterocycles. The van der Waals surface area contributed by atoms with Gasteiger partial charge in [-0.15, -0.1) is 0 Å². The van der Waals surface area contributed by atoms with Crippen LogP contribution in [0.4, 0.5) is 0 Å². The van der Waals surface area contributed by atoms with Crippen molar-refractivity contribution in [2.24, 2.45) is 0 Å². The number of benzene rings is 6. The Kier molecular flexibility index (Phi) is 5.11. The van der Waals surface area contributed by atoms with Gasteiger partial charge in [-0.3, -0.25) is 0 Å². The number of rotatable bonds is 4. The van der Waals surface area contributed by atoms with E-state index in [1.165, 1.54) is 55.6 Å². The second-order valence-electron chi connectivity index (χ2n) is 9.73. The van der Waals surface area contributed by atoms with Crippen molar-refractivity contribution in [1.82, 2.24) is 0 Å². The molecule has 0 saturated heterocycles. The van der Waals surface area contributed by atoms with Gasteiger partial charge in [-0.2, -0.15) is 0 Å². The molecule has 0 heteroatoms. The number of hydrogen-bond donors (Lipinski definition) is 0. The molecule has 1 aliphatic rings. The monoisotopic (exact) mass is 470 g/mol. The van der Waals surface area contributed by atoms with Crippen molar-refractivity contribution in [1.29, 1.82) is 0 Å². The van der Waals surface area contributed by atoms with Gasteiger partial charge in [0.2, 0.25) is 0 Å². The average molecular weight is 471 g/mol. The SMILES string of the molecule is c1ccc(-c2ccc(-c3ccc4c(c3)C(c3ccccc3)(c3ccccc3)c3ccccc3-4)cc2)cc1. The molecule has 174 valence electrons. The molecule has 0 radical (unpaired) electrons. The maximum absolute atomic E-state index is 2.42. The first-order valence-corrected chi connectivity index (χ1v) is 12.9. The summed E-state index contributed by atoms with van der Waals surface area (Å²) in [6.07, 6.45) is 0. The van der Waals surface area contributed by atoms with Gasteiger partial charge in [-0.25, -0.2) is 0 Å². The minimum atomic E-state index is -0.367. The topological polar surface area (TPSA) is 0 Å². The van der Waals surface area contributed by atoms with Crippen molar-refractivity contribution in [2.75, 3.05) is 0 Å². The fourth-order valence-corrected chi connectivity index (χ4v) is 6.11. The van der Waals surface area contributed by atoms with Crippen LogP contribution >= 0.6 is 0 Å². The van der Waals surface area contributed by atoms with Crippen molar-refractivity contribution < 1.29 is 0 Å². The largest absolute Gasteiger partial charge is 0.0713 e. The lowest BCUT2D eigenvalue weighted by Gasteiger charge is -2.34. The summed E-state index contributed by atoms with van der Waals surface area (Å²) in [5, 5.41) is 0. The molecular weight excluding hydrogens is 444 g/mol. The van der Waals surface area contributed by atoms with Crippen LogP contribution in [0.15, 0.2) is 158 Å². The molecule has 0 bridgehead atoms. The lowest BCUT2D eigenvalue weighted by Crippen LogP contribution is -2.28. The Morgan fingerprint density at radius 3 is 1.35 bits per heavy atom. The Hall–Kier alpha value is -4.68. The average Bonchev–Trinajstić information content (AvgIpc) is 3.29. The Bertz CT molecular complexity index is 1640. The van der Waals surface area contributed by atoms with Crippen LogP contribution in [0, 0.1) is 0 Å². The van der Waals surface area contributed by atoms with Crippen LogP contribution in [-0.4, -0.2) is 0 Å². The summed E-state index contributed by atoms with van der Waals surface area (Å²) in [6.45, 7) is 0. The molecule has 0 aromatic heterocycles. The minimum Gasteiger partial charge on any atom is -0.0622 e. The molecule has 0 amide bonds. The number of hydrogen-bond acceptors (Lipinski definition) is 0. The molecule has 0 atom stereocenters. The molecular formula is C37H26. The lowest BCUT2D eigenvalue weighted by molar-refractivity contribution is 0.769. The zero-order valence-corrected chi connectivity index (χ0v) is 20.5. The molecule has 37 heavy (non-hydrogen) atoms. The van der Waals surface area contributed by atoms with Crippen molar-refractivity contribution in [3.05, 3.63) is 180 Å². The van der Waals surface area contributed by atoms with E-state index in [1.807, 2.05) is 0 Å². The van der Waals surface area contributed by atoms with Crippen LogP contribution in [0.2, 0.25) is 0 Å². The van der Waals surface area contributed by atoms with Gasteiger partial charge in [-0.1, -0.05) is 152 Å². The van der Waals surface area contributed by atoms with E-state index in [0.717, 1.165) is 0 Å². The highest BCUT2D eigenvalue weighted by atomic mass is 14.5. The Labute approximate surface area is 218 Å². The van der Waals surface area contributed by atoms with Crippen molar-refractivity contribution in [2.45, 2.75) is 5.41 Å². The van der Waals surface area contributed by atoms with Crippen LogP contribution < -0.4 is 0 Å². The zero-order chi connectivity index (χ0) is 24.7. The summed E-state index contributed by atoms with van der Waals surface area (Å²) < 4.78 is 0. The number of fused-ring (bicyclic) bond motifs is 3. The highest BCUT2D eigenvalue weighted by molar-refractivity contribution is 5.88. The van der Waals surface area contributed by atoms with E-state index in [-0.39, 0.29) is 5.41 Å². The van der Waals surface area contributed by atoms with E-state index in [0.29, 0.717) is 0 Å². The Balaban J connectivity index is 1.46. The van der Waals surface area contributed by atoms with Gasteiger partial charge in [0.15, 0.2) is 0 Å². The standard InChI is InChI=1S/C37H26/c1-4-12-27(13-5-1)28-20-22-29(23-21-28)30-24-25-34-33-18-10-11-19-35(33)37(36(34)26-30,31-14-6-2-7-15-31)32-16-8-3-9-17-32/h1-26H. The van der Waals surface area contributed by atoms with Crippen LogP contribution in [0.3, 0.4) is 0 Å². The molecule has 0 saturated carbocycles. The van der Waals surface area contributed by atoms with Crippen LogP contribution in [0.5, 0.6) is 0 Å². The summed E-state index contributed by atoms with van der Waals surface area (Å²) >= 11 is 0. The third kappa shape index (κ3) is 3.37. The molecule has 7 rings (SSSR count). The van der Waals surface area contributed by atoms with Gasteiger partial charge in [0.05, 0.1) is 5.41 Å². The summed E-state index contributed by atoms with van der Waals surface area (Å²) in [6, 6.07) is 57.4. The van der Waals surface area contributed by atoms with Crippen molar-refractivity contribution >= 4 is 0 Å². The van der Waals surface area contributed by atoms with Crippen molar-refractivity contribution in [3.63, 3.8) is 0 Å². The molecule has 6 aromatic rings. The molecule has 1 aliphatic carbocycles. The van der Waals surface area contributed by atoms with E-state index in [4.69, 9.17) is 0 Å². The van der Waals surface area contributed by atoms with Crippen LogP contribution in [0.25, 0.3) is 33.4 Å². The van der Waals surface area contributed by atoms with Gasteiger partial charge < -0.3 is 0 Å². The van der Waals surface area contributed by atoms with E-state index < -0.39 is 0 Å². The van der Waals surface area contributed by atoms with E-state index in [9.17, 15) is 0 Å². The second kappa shape index (κ2) is 8.76. The van der Waals surface area contributed by atoms with Crippen molar-refractivity contribution in [3.8, 4) is 33.4 Å². The van der Waals surface area contributed by atoms with E-state index in [1.54, 1.807) is 0 Å². The quantitative estimate of drug-likeness (QED) is 0.240. The first-order valence-electron chi connectivity index (χ1n) is 12.9. The molecule has 0 fully saturated rings. The summed E-state index contributed by atoms with van der Waals surface area (Å²) in [4.78, 5) is 0. The molecule has 0 spiro atoms. The van der Waals surface area contributed by atoms with Gasteiger partial charge in [0.1, 0.15) is 0 Å². The van der Waals surface area contributed by atoms with Gasteiger partial charge >= 0.3 is 0 Å². The van der Waals surface area contributed by atoms with Crippen LogP contribution in [-0.2, 0) is 5.41 Å². The fourth-order valence-electron chi connectivity index (χ4n) is 6.11. The van der Waals surface area contributed by atoms with E-state index >= 15 is 0 Å². The summed E-state index contributed by atoms with van der Waals surface area (Å²) in [5.41, 5.74) is 12.5. The van der Waals surface area contributed by atoms with Gasteiger partial charge in [0.25, 0.3) is 0 Å². The maximum atomic E-state index is 2.42. The molecule has 0 aliphatic heterocycles. The second-order valence-corrected chi connectivity index (χ2v) is 9.73. The Morgan fingerprint density at radius 1 is 0.297 bits per heavy atom. The predicted molar refractivity (Wildman–Crippen MR) is 155 cm³/mol. The Morgan fingerprint density at radius 2 is 0.730 bits per heavy atom. The lowest BCUT2D eigenvalue weighted by atomic mass is 9.67.